The number of allylic oxidation sites excluding steroid dienone is 2. The molecule has 2 aliphatic rings. The van der Waals surface area contributed by atoms with Crippen LogP contribution in [0.25, 0.3) is 12.2 Å². The maximum atomic E-state index is 7.96. The molecule has 0 fully saturated rings. The molecule has 3 atom stereocenters. The van der Waals surface area contributed by atoms with Crippen molar-refractivity contribution in [2.75, 3.05) is 0 Å². The van der Waals surface area contributed by atoms with Crippen LogP contribution in [0.5, 0.6) is 0 Å². The molecule has 29 heavy (non-hydrogen) atoms. The SMILES string of the molecule is [Cl][Zr]([Cl])([PH]c1ccccc1)([CH]1C=Cc2ccccc21)[CH]1C(Br)=Cc2ccccc21. The molecule has 2 aliphatic carbocycles. The molecule has 0 aliphatic heterocycles. The number of halogens is 3. The van der Waals surface area contributed by atoms with Crippen LogP contribution < -0.4 is 5.30 Å². The van der Waals surface area contributed by atoms with Gasteiger partial charge in [0.2, 0.25) is 0 Å². The summed E-state index contributed by atoms with van der Waals surface area (Å²) < 4.78 is 1.23. The van der Waals surface area contributed by atoms with E-state index < -0.39 is 15.8 Å². The fourth-order valence-electron chi connectivity index (χ4n) is 4.66. The van der Waals surface area contributed by atoms with Crippen LogP contribution in [-0.4, -0.2) is 0 Å². The topological polar surface area (TPSA) is 0 Å². The van der Waals surface area contributed by atoms with Gasteiger partial charge in [-0.1, -0.05) is 0 Å². The number of hydrogen-bond donors (Lipinski definition) is 0. The Morgan fingerprint density at radius 1 is 0.759 bits per heavy atom. The Bertz CT molecular complexity index is 1160. The summed E-state index contributed by atoms with van der Waals surface area (Å²) in [6, 6.07) is 27.6. The Labute approximate surface area is 189 Å². The van der Waals surface area contributed by atoms with Crippen molar-refractivity contribution in [1.29, 1.82) is 0 Å². The van der Waals surface area contributed by atoms with Gasteiger partial charge < -0.3 is 0 Å². The summed E-state index contributed by atoms with van der Waals surface area (Å²) in [6.45, 7) is 0. The van der Waals surface area contributed by atoms with Crippen LogP contribution in [0.2, 0.25) is 0 Å². The van der Waals surface area contributed by atoms with Crippen molar-refractivity contribution in [3.63, 3.8) is 0 Å². The standard InChI is InChI=1S/C9H6Br.C9H7.C6H6P.2ClH.Zr/c10-9-5-7-3-1-2-4-8(7)6-9;1-2-5-9-7-3-6-8(9)4-1;7-6-4-2-1-3-5-6;;;/h1-6H;1-7H;1-5,7H;2*1H;/q;;-1;;;+3/p-2. The molecule has 0 amide bonds. The second kappa shape index (κ2) is 7.58. The van der Waals surface area contributed by atoms with Gasteiger partial charge in [-0.2, -0.15) is 0 Å². The van der Waals surface area contributed by atoms with Crippen molar-refractivity contribution < 1.29 is 15.8 Å². The van der Waals surface area contributed by atoms with E-state index in [-0.39, 0.29) is 7.25 Å². The van der Waals surface area contributed by atoms with Gasteiger partial charge in [-0.25, -0.2) is 0 Å². The number of benzene rings is 3. The van der Waals surface area contributed by atoms with Crippen LogP contribution in [-0.2, 0) is 15.8 Å². The van der Waals surface area contributed by atoms with Gasteiger partial charge in [0.05, 0.1) is 0 Å². The van der Waals surface area contributed by atoms with E-state index >= 15 is 0 Å². The molecule has 3 aromatic rings. The minimum atomic E-state index is -4.60. The molecule has 0 heterocycles. The summed E-state index contributed by atoms with van der Waals surface area (Å²) >= 11 is -0.717. The zero-order valence-electron chi connectivity index (χ0n) is 15.5. The van der Waals surface area contributed by atoms with Crippen molar-refractivity contribution >= 4 is 56.3 Å². The van der Waals surface area contributed by atoms with Crippen LogP contribution >= 0.6 is 38.8 Å². The summed E-state index contributed by atoms with van der Waals surface area (Å²) in [6.07, 6.45) is 6.68. The molecule has 0 nitrogen and oxygen atoms in total. The van der Waals surface area contributed by atoms with Crippen LogP contribution in [0, 0.1) is 0 Å². The maximum absolute atomic E-state index is 7.96. The Morgan fingerprint density at radius 3 is 2.14 bits per heavy atom. The van der Waals surface area contributed by atoms with Crippen molar-refractivity contribution in [3.8, 4) is 0 Å². The normalized spacial score (nSPS) is 21.6. The second-order valence-corrected chi connectivity index (χ2v) is 40.8. The molecule has 0 saturated heterocycles. The van der Waals surface area contributed by atoms with Gasteiger partial charge in [0.15, 0.2) is 0 Å². The Hall–Kier alpha value is -0.487. The van der Waals surface area contributed by atoms with E-state index in [1.165, 1.54) is 27.6 Å². The molecular weight excluding hydrogens is 561 g/mol. The van der Waals surface area contributed by atoms with Gasteiger partial charge in [-0.3, -0.25) is 0 Å². The van der Waals surface area contributed by atoms with Gasteiger partial charge in [0, 0.05) is 0 Å². The Kier molecular flexibility index (Phi) is 5.34. The molecule has 0 aromatic heterocycles. The van der Waals surface area contributed by atoms with E-state index in [0.717, 1.165) is 4.48 Å². The fourth-order valence-corrected chi connectivity index (χ4v) is 39.3. The molecule has 0 spiro atoms. The first-order valence-electron chi connectivity index (χ1n) is 9.61. The summed E-state index contributed by atoms with van der Waals surface area (Å²) in [5.41, 5.74) is 5.00. The zero-order valence-corrected chi connectivity index (χ0v) is 22.1. The number of hydrogen-bond acceptors (Lipinski definition) is 0. The van der Waals surface area contributed by atoms with E-state index in [9.17, 15) is 0 Å². The average molecular weight is 580 g/mol. The van der Waals surface area contributed by atoms with Crippen molar-refractivity contribution in [2.24, 2.45) is 0 Å². The summed E-state index contributed by atoms with van der Waals surface area (Å²) in [4.78, 5) is 0. The van der Waals surface area contributed by atoms with Gasteiger partial charge in [0.25, 0.3) is 0 Å². The number of rotatable bonds is 4. The molecule has 5 heteroatoms. The Morgan fingerprint density at radius 2 is 1.38 bits per heavy atom. The van der Waals surface area contributed by atoms with Gasteiger partial charge >= 0.3 is 191 Å². The molecule has 145 valence electrons. The third-order valence-electron chi connectivity index (χ3n) is 5.93. The van der Waals surface area contributed by atoms with E-state index in [1.54, 1.807) is 0 Å². The second-order valence-electron chi connectivity index (χ2n) is 7.70. The minimum absolute atomic E-state index is 0.0373. The summed E-state index contributed by atoms with van der Waals surface area (Å²) in [5.74, 6) is 0.398. The van der Waals surface area contributed by atoms with Gasteiger partial charge in [-0.05, 0) is 0 Å². The molecule has 3 aromatic carbocycles. The van der Waals surface area contributed by atoms with Crippen LogP contribution in [0.3, 0.4) is 0 Å². The van der Waals surface area contributed by atoms with Crippen LogP contribution in [0.1, 0.15) is 29.5 Å². The monoisotopic (exact) mass is 577 g/mol. The third kappa shape index (κ3) is 3.41. The third-order valence-corrected chi connectivity index (χ3v) is 34.8. The predicted molar refractivity (Wildman–Crippen MR) is 130 cm³/mol. The molecule has 0 radical (unpaired) electrons. The first-order valence-corrected chi connectivity index (χ1v) is 24.3. The quantitative estimate of drug-likeness (QED) is 0.273. The summed E-state index contributed by atoms with van der Waals surface area (Å²) in [7, 11) is 15.9. The van der Waals surface area contributed by atoms with Crippen LogP contribution in [0.15, 0.2) is 89.4 Å². The molecule has 0 N–H and O–H groups in total. The van der Waals surface area contributed by atoms with E-state index in [0.29, 0.717) is 5.87 Å². The molecular formula is C24H19BrCl2PZr. The molecule has 0 saturated carbocycles. The zero-order chi connectivity index (χ0) is 20.1. The van der Waals surface area contributed by atoms with Gasteiger partial charge in [0.1, 0.15) is 0 Å². The first kappa shape index (κ1) is 20.4. The van der Waals surface area contributed by atoms with Crippen molar-refractivity contribution in [3.05, 3.63) is 112 Å². The molecule has 3 unspecified atom stereocenters. The Balaban J connectivity index is 1.73. The summed E-state index contributed by atoms with van der Waals surface area (Å²) in [5, 5.41) is 1.24. The predicted octanol–water partition coefficient (Wildman–Crippen LogP) is 8.16. The van der Waals surface area contributed by atoms with E-state index in [2.05, 4.69) is 107 Å². The van der Waals surface area contributed by atoms with E-state index in [1.807, 2.05) is 6.07 Å². The van der Waals surface area contributed by atoms with Crippen molar-refractivity contribution in [2.45, 2.75) is 7.25 Å². The van der Waals surface area contributed by atoms with Gasteiger partial charge in [-0.15, -0.1) is 0 Å². The average Bonchev–Trinajstić information content (AvgIpc) is 3.30. The molecule has 5 rings (SSSR count). The fraction of sp³-hybridized carbons (Fsp3) is 0.0833. The first-order chi connectivity index (χ1) is 14.0. The van der Waals surface area contributed by atoms with Crippen molar-refractivity contribution in [1.82, 2.24) is 0 Å². The number of fused-ring (bicyclic) bond motifs is 2. The molecule has 0 bridgehead atoms. The van der Waals surface area contributed by atoms with Crippen LogP contribution in [0.4, 0.5) is 0 Å². The van der Waals surface area contributed by atoms with E-state index in [4.69, 9.17) is 17.0 Å².